The van der Waals surface area contributed by atoms with Crippen molar-refractivity contribution >= 4 is 5.78 Å². The Hall–Kier alpha value is -2.05. The molecular weight excluding hydrogens is 325 g/mol. The predicted molar refractivity (Wildman–Crippen MR) is 88.6 cm³/mol. The summed E-state index contributed by atoms with van der Waals surface area (Å²) in [5.41, 5.74) is 1.54. The molecule has 0 radical (unpaired) electrons. The van der Waals surface area contributed by atoms with Crippen molar-refractivity contribution < 1.29 is 23.2 Å². The molecule has 1 unspecified atom stereocenters. The summed E-state index contributed by atoms with van der Waals surface area (Å²) in [4.78, 5) is 12.3. The van der Waals surface area contributed by atoms with Gasteiger partial charge in [0, 0.05) is 30.8 Å². The van der Waals surface area contributed by atoms with Crippen LogP contribution in [0.1, 0.15) is 46.6 Å². The van der Waals surface area contributed by atoms with Crippen molar-refractivity contribution in [1.82, 2.24) is 5.16 Å². The molecule has 0 spiro atoms. The van der Waals surface area contributed by atoms with E-state index < -0.39 is 0 Å². The van der Waals surface area contributed by atoms with Crippen molar-refractivity contribution in [3.05, 3.63) is 52.7 Å². The monoisotopic (exact) mass is 347 g/mol. The molecule has 1 atom stereocenters. The average molecular weight is 347 g/mol. The van der Waals surface area contributed by atoms with Gasteiger partial charge in [0.15, 0.2) is 17.2 Å². The first-order chi connectivity index (χ1) is 12.1. The molecule has 1 aromatic carbocycles. The molecule has 25 heavy (non-hydrogen) atoms. The second-order valence-corrected chi connectivity index (χ2v) is 6.36. The van der Waals surface area contributed by atoms with Crippen molar-refractivity contribution in [2.75, 3.05) is 13.2 Å². The van der Waals surface area contributed by atoms with E-state index >= 15 is 0 Å². The van der Waals surface area contributed by atoms with Gasteiger partial charge in [-0.15, -0.1) is 0 Å². The molecule has 2 heterocycles. The summed E-state index contributed by atoms with van der Waals surface area (Å²) in [5.74, 6) is 0.640. The lowest BCUT2D eigenvalue weighted by Gasteiger charge is -2.05. The number of ether oxygens (including phenoxy) is 2. The minimum Gasteiger partial charge on any atom is -0.381 e. The summed E-state index contributed by atoms with van der Waals surface area (Å²) in [5, 5.41) is 3.89. The van der Waals surface area contributed by atoms with Gasteiger partial charge in [0.05, 0.1) is 6.61 Å². The van der Waals surface area contributed by atoms with Crippen LogP contribution in [-0.2, 0) is 22.7 Å². The number of Topliss-reactive ketones (excluding diaryl/α,β-unsaturated/α-hetero) is 1. The van der Waals surface area contributed by atoms with Gasteiger partial charge in [0.1, 0.15) is 12.4 Å². The van der Waals surface area contributed by atoms with E-state index in [0.717, 1.165) is 26.1 Å². The van der Waals surface area contributed by atoms with E-state index in [4.69, 9.17) is 14.0 Å². The van der Waals surface area contributed by atoms with Crippen LogP contribution in [0.2, 0.25) is 0 Å². The molecule has 0 amide bonds. The molecule has 0 aliphatic carbocycles. The van der Waals surface area contributed by atoms with E-state index in [-0.39, 0.29) is 24.8 Å². The van der Waals surface area contributed by atoms with Gasteiger partial charge in [-0.1, -0.05) is 23.4 Å². The largest absolute Gasteiger partial charge is 0.381 e. The van der Waals surface area contributed by atoms with Gasteiger partial charge in [-0.3, -0.25) is 4.79 Å². The molecule has 1 saturated heterocycles. The van der Waals surface area contributed by atoms with Crippen LogP contribution in [0, 0.1) is 18.7 Å². The van der Waals surface area contributed by atoms with E-state index in [1.54, 1.807) is 25.1 Å². The number of hydrogen-bond donors (Lipinski definition) is 0. The molecule has 134 valence electrons. The Morgan fingerprint density at radius 1 is 1.36 bits per heavy atom. The highest BCUT2D eigenvalue weighted by Crippen LogP contribution is 2.22. The van der Waals surface area contributed by atoms with Crippen LogP contribution in [-0.4, -0.2) is 24.2 Å². The summed E-state index contributed by atoms with van der Waals surface area (Å²) < 4.78 is 29.6. The van der Waals surface area contributed by atoms with E-state index in [9.17, 15) is 9.18 Å². The minimum absolute atomic E-state index is 0.0199. The van der Waals surface area contributed by atoms with E-state index in [1.165, 1.54) is 6.07 Å². The fourth-order valence-electron chi connectivity index (χ4n) is 2.90. The van der Waals surface area contributed by atoms with Gasteiger partial charge < -0.3 is 14.0 Å². The fraction of sp³-hybridized carbons (Fsp3) is 0.474. The quantitative estimate of drug-likeness (QED) is 0.679. The average Bonchev–Trinajstić information content (AvgIpc) is 3.25. The van der Waals surface area contributed by atoms with Crippen molar-refractivity contribution in [2.45, 2.75) is 39.4 Å². The molecule has 2 aromatic rings. The first kappa shape index (κ1) is 17.8. The van der Waals surface area contributed by atoms with Crippen LogP contribution in [0.15, 0.2) is 28.8 Å². The van der Waals surface area contributed by atoms with Gasteiger partial charge in [0.25, 0.3) is 0 Å². The van der Waals surface area contributed by atoms with Gasteiger partial charge in [-0.25, -0.2) is 4.39 Å². The number of carbonyl (C=O) groups excluding carboxylic acids is 1. The first-order valence-corrected chi connectivity index (χ1v) is 8.52. The van der Waals surface area contributed by atoms with Crippen LogP contribution in [0.4, 0.5) is 4.39 Å². The molecule has 5 nitrogen and oxygen atoms in total. The summed E-state index contributed by atoms with van der Waals surface area (Å²) in [6, 6.07) is 6.46. The van der Waals surface area contributed by atoms with Gasteiger partial charge in [0.2, 0.25) is 0 Å². The molecule has 1 aliphatic rings. The van der Waals surface area contributed by atoms with Crippen LogP contribution in [0.25, 0.3) is 0 Å². The minimum atomic E-state index is -0.302. The second-order valence-electron chi connectivity index (χ2n) is 6.36. The topological polar surface area (TPSA) is 61.6 Å². The fourth-order valence-corrected chi connectivity index (χ4v) is 2.90. The second kappa shape index (κ2) is 8.36. The van der Waals surface area contributed by atoms with Crippen molar-refractivity contribution in [3.63, 3.8) is 0 Å². The zero-order valence-electron chi connectivity index (χ0n) is 14.3. The zero-order chi connectivity index (χ0) is 17.6. The molecule has 6 heteroatoms. The highest BCUT2D eigenvalue weighted by molar-refractivity contribution is 5.95. The molecule has 1 fully saturated rings. The number of carbonyl (C=O) groups is 1. The van der Waals surface area contributed by atoms with E-state index in [0.29, 0.717) is 34.9 Å². The van der Waals surface area contributed by atoms with Crippen LogP contribution in [0.5, 0.6) is 0 Å². The summed E-state index contributed by atoms with van der Waals surface area (Å²) in [6.07, 6.45) is 2.27. The third kappa shape index (κ3) is 4.52. The third-order valence-electron chi connectivity index (χ3n) is 4.54. The van der Waals surface area contributed by atoms with Gasteiger partial charge in [-0.05, 0) is 31.7 Å². The van der Waals surface area contributed by atoms with Crippen molar-refractivity contribution in [1.29, 1.82) is 0 Å². The van der Waals surface area contributed by atoms with E-state index in [1.807, 2.05) is 0 Å². The van der Waals surface area contributed by atoms with Gasteiger partial charge in [-0.2, -0.15) is 0 Å². The van der Waals surface area contributed by atoms with Gasteiger partial charge >= 0.3 is 0 Å². The van der Waals surface area contributed by atoms with Crippen LogP contribution >= 0.6 is 0 Å². The zero-order valence-corrected chi connectivity index (χ0v) is 14.3. The standard InChI is InChI=1S/C19H22FNO4/c1-13-18(12-24-11-15-4-2-3-5-16(15)20)25-21-19(13)17(22)7-6-14-8-9-23-10-14/h2-5,14H,6-12H2,1H3. The Bertz CT molecular complexity index is 722. The molecule has 1 aromatic heterocycles. The Kier molecular flexibility index (Phi) is 5.94. The summed E-state index contributed by atoms with van der Waals surface area (Å²) in [6.45, 7) is 3.60. The molecular formula is C19H22FNO4. The smallest absolute Gasteiger partial charge is 0.185 e. The third-order valence-corrected chi connectivity index (χ3v) is 4.54. The number of hydrogen-bond acceptors (Lipinski definition) is 5. The number of ketones is 1. The number of rotatable bonds is 8. The number of benzene rings is 1. The normalized spacial score (nSPS) is 17.1. The lowest BCUT2D eigenvalue weighted by molar-refractivity contribution is 0.0856. The predicted octanol–water partition coefficient (Wildman–Crippen LogP) is 3.84. The number of nitrogens with zero attached hydrogens (tertiary/aromatic N) is 1. The summed E-state index contributed by atoms with van der Waals surface area (Å²) in [7, 11) is 0. The van der Waals surface area contributed by atoms with Crippen LogP contribution < -0.4 is 0 Å². The Morgan fingerprint density at radius 2 is 2.20 bits per heavy atom. The molecule has 3 rings (SSSR count). The maximum atomic E-state index is 13.5. The molecule has 0 saturated carbocycles. The number of halogens is 1. The van der Waals surface area contributed by atoms with Crippen LogP contribution in [0.3, 0.4) is 0 Å². The molecule has 0 bridgehead atoms. The molecule has 1 aliphatic heterocycles. The first-order valence-electron chi connectivity index (χ1n) is 8.52. The maximum Gasteiger partial charge on any atom is 0.185 e. The lowest BCUT2D eigenvalue weighted by Crippen LogP contribution is -2.07. The Balaban J connectivity index is 1.51. The lowest BCUT2D eigenvalue weighted by atomic mass is 9.99. The highest BCUT2D eigenvalue weighted by atomic mass is 19.1. The summed E-state index contributed by atoms with van der Waals surface area (Å²) >= 11 is 0. The Labute approximate surface area is 146 Å². The van der Waals surface area contributed by atoms with E-state index in [2.05, 4.69) is 5.16 Å². The maximum absolute atomic E-state index is 13.5. The van der Waals surface area contributed by atoms with Crippen molar-refractivity contribution in [3.8, 4) is 0 Å². The highest BCUT2D eigenvalue weighted by Gasteiger charge is 2.21. The Morgan fingerprint density at radius 3 is 2.96 bits per heavy atom. The van der Waals surface area contributed by atoms with Crippen molar-refractivity contribution in [2.24, 2.45) is 5.92 Å². The SMILES string of the molecule is Cc1c(C(=O)CCC2CCOC2)noc1COCc1ccccc1F. The number of aromatic nitrogens is 1. The molecule has 0 N–H and O–H groups in total.